The van der Waals surface area contributed by atoms with Crippen LogP contribution in [-0.2, 0) is 16.1 Å². The third-order valence-electron chi connectivity index (χ3n) is 3.71. The van der Waals surface area contributed by atoms with Crippen molar-refractivity contribution in [3.63, 3.8) is 0 Å². The maximum atomic E-state index is 13.8. The van der Waals surface area contributed by atoms with Crippen molar-refractivity contribution < 1.29 is 18.8 Å². The van der Waals surface area contributed by atoms with Gasteiger partial charge in [0.05, 0.1) is 11.4 Å². The number of benzene rings is 1. The van der Waals surface area contributed by atoms with Gasteiger partial charge in [0.2, 0.25) is 11.8 Å². The van der Waals surface area contributed by atoms with E-state index in [2.05, 4.69) is 16.0 Å². The molecule has 2 rings (SSSR count). The monoisotopic (exact) mass is 356 g/mol. The molecule has 0 aliphatic carbocycles. The second-order valence-corrected chi connectivity index (χ2v) is 5.66. The van der Waals surface area contributed by atoms with Crippen LogP contribution in [-0.4, -0.2) is 48.9 Å². The number of hydrogen-bond acceptors (Lipinski definition) is 3. The Labute approximate surface area is 143 Å². The van der Waals surface area contributed by atoms with Crippen molar-refractivity contribution in [1.29, 1.82) is 0 Å². The minimum Gasteiger partial charge on any atom is -0.359 e. The molecule has 24 heavy (non-hydrogen) atoms. The summed E-state index contributed by atoms with van der Waals surface area (Å²) in [5.74, 6) is -1.34. The number of amides is 4. The number of rotatable bonds is 4. The minimum atomic E-state index is -0.900. The molecule has 130 valence electrons. The van der Waals surface area contributed by atoms with Gasteiger partial charge in [0.25, 0.3) is 0 Å². The SMILES string of the molecule is CNC(=O)C[C@H]1C(=O)NCCN1C(=O)NCc1cccc(Cl)c1F. The van der Waals surface area contributed by atoms with E-state index in [4.69, 9.17) is 11.6 Å². The molecule has 9 heteroatoms. The summed E-state index contributed by atoms with van der Waals surface area (Å²) in [6, 6.07) is 3.06. The molecule has 1 saturated heterocycles. The van der Waals surface area contributed by atoms with E-state index in [0.29, 0.717) is 6.54 Å². The van der Waals surface area contributed by atoms with E-state index in [0.717, 1.165) is 0 Å². The summed E-state index contributed by atoms with van der Waals surface area (Å²) >= 11 is 5.70. The number of urea groups is 1. The molecule has 1 aliphatic heterocycles. The topological polar surface area (TPSA) is 90.5 Å². The van der Waals surface area contributed by atoms with Crippen LogP contribution < -0.4 is 16.0 Å². The van der Waals surface area contributed by atoms with E-state index < -0.39 is 23.8 Å². The van der Waals surface area contributed by atoms with E-state index in [1.54, 1.807) is 6.07 Å². The zero-order chi connectivity index (χ0) is 17.7. The maximum Gasteiger partial charge on any atom is 0.318 e. The summed E-state index contributed by atoms with van der Waals surface area (Å²) in [4.78, 5) is 37.1. The molecule has 0 unspecified atom stereocenters. The van der Waals surface area contributed by atoms with Crippen LogP contribution in [0.5, 0.6) is 0 Å². The number of piperazine rings is 1. The van der Waals surface area contributed by atoms with Crippen LogP contribution in [0.3, 0.4) is 0 Å². The molecule has 3 N–H and O–H groups in total. The zero-order valence-corrected chi connectivity index (χ0v) is 13.8. The van der Waals surface area contributed by atoms with Gasteiger partial charge in [-0.3, -0.25) is 9.59 Å². The fourth-order valence-electron chi connectivity index (χ4n) is 2.40. The average molecular weight is 357 g/mol. The summed E-state index contributed by atoms with van der Waals surface area (Å²) in [7, 11) is 1.45. The van der Waals surface area contributed by atoms with Crippen LogP contribution in [0, 0.1) is 5.82 Å². The number of nitrogens with one attached hydrogen (secondary N) is 3. The standard InChI is InChI=1S/C15H18ClFN4O3/c1-18-12(22)7-11-14(23)19-5-6-21(11)15(24)20-8-9-3-2-4-10(16)13(9)17/h2-4,11H,5-8H2,1H3,(H,18,22)(H,19,23)(H,20,24)/t11-/m0/s1. The Balaban J connectivity index is 2.04. The lowest BCUT2D eigenvalue weighted by atomic mass is 10.1. The van der Waals surface area contributed by atoms with Gasteiger partial charge < -0.3 is 20.9 Å². The lowest BCUT2D eigenvalue weighted by Crippen LogP contribution is -2.60. The van der Waals surface area contributed by atoms with Gasteiger partial charge in [-0.25, -0.2) is 9.18 Å². The second-order valence-electron chi connectivity index (χ2n) is 5.25. The number of nitrogens with zero attached hydrogens (tertiary/aromatic N) is 1. The van der Waals surface area contributed by atoms with Crippen molar-refractivity contribution in [2.75, 3.05) is 20.1 Å². The predicted molar refractivity (Wildman–Crippen MR) is 85.8 cm³/mol. The Hall–Kier alpha value is -2.35. The molecule has 1 atom stereocenters. The number of carbonyl (C=O) groups is 3. The third-order valence-corrected chi connectivity index (χ3v) is 4.00. The van der Waals surface area contributed by atoms with E-state index >= 15 is 0 Å². The number of carbonyl (C=O) groups excluding carboxylic acids is 3. The molecular weight excluding hydrogens is 339 g/mol. The van der Waals surface area contributed by atoms with E-state index in [1.165, 1.54) is 24.1 Å². The van der Waals surface area contributed by atoms with E-state index in [9.17, 15) is 18.8 Å². The summed E-state index contributed by atoms with van der Waals surface area (Å²) in [5.41, 5.74) is 0.236. The Bertz CT molecular complexity index is 656. The van der Waals surface area contributed by atoms with Gasteiger partial charge in [-0.2, -0.15) is 0 Å². The summed E-state index contributed by atoms with van der Waals surface area (Å²) < 4.78 is 13.8. The van der Waals surface area contributed by atoms with Gasteiger partial charge in [0.1, 0.15) is 11.9 Å². The lowest BCUT2D eigenvalue weighted by Gasteiger charge is -2.34. The van der Waals surface area contributed by atoms with Gasteiger partial charge in [-0.1, -0.05) is 23.7 Å². The number of halogens is 2. The smallest absolute Gasteiger partial charge is 0.318 e. The van der Waals surface area contributed by atoms with Crippen LogP contribution in [0.2, 0.25) is 5.02 Å². The first kappa shape index (κ1) is 18.0. The molecule has 1 aliphatic rings. The first-order valence-electron chi connectivity index (χ1n) is 7.39. The largest absolute Gasteiger partial charge is 0.359 e. The molecule has 1 aromatic rings. The fourth-order valence-corrected chi connectivity index (χ4v) is 2.59. The van der Waals surface area contributed by atoms with Crippen LogP contribution in [0.1, 0.15) is 12.0 Å². The molecule has 0 radical (unpaired) electrons. The van der Waals surface area contributed by atoms with E-state index in [-0.39, 0.29) is 36.0 Å². The molecule has 7 nitrogen and oxygen atoms in total. The quantitative estimate of drug-likeness (QED) is 0.739. The predicted octanol–water partition coefficient (Wildman–Crippen LogP) is 0.625. The highest BCUT2D eigenvalue weighted by atomic mass is 35.5. The Morgan fingerprint density at radius 3 is 2.92 bits per heavy atom. The van der Waals surface area contributed by atoms with Crippen LogP contribution in [0.15, 0.2) is 18.2 Å². The van der Waals surface area contributed by atoms with Gasteiger partial charge in [-0.15, -0.1) is 0 Å². The average Bonchev–Trinajstić information content (AvgIpc) is 2.57. The van der Waals surface area contributed by atoms with Crippen LogP contribution in [0.4, 0.5) is 9.18 Å². The molecular formula is C15H18ClFN4O3. The van der Waals surface area contributed by atoms with Gasteiger partial charge in [-0.05, 0) is 6.07 Å². The molecule has 0 bridgehead atoms. The van der Waals surface area contributed by atoms with Crippen molar-refractivity contribution in [1.82, 2.24) is 20.9 Å². The molecule has 0 spiro atoms. The highest BCUT2D eigenvalue weighted by molar-refractivity contribution is 6.30. The highest BCUT2D eigenvalue weighted by Crippen LogP contribution is 2.18. The highest BCUT2D eigenvalue weighted by Gasteiger charge is 2.34. The van der Waals surface area contributed by atoms with Crippen LogP contribution in [0.25, 0.3) is 0 Å². The number of hydrogen-bond donors (Lipinski definition) is 3. The molecule has 4 amide bonds. The minimum absolute atomic E-state index is 0.0309. The van der Waals surface area contributed by atoms with Crippen molar-refractivity contribution in [3.8, 4) is 0 Å². The summed E-state index contributed by atoms with van der Waals surface area (Å²) in [6.07, 6.45) is -0.138. The molecule has 1 aromatic carbocycles. The first-order valence-corrected chi connectivity index (χ1v) is 7.77. The van der Waals surface area contributed by atoms with Crippen molar-refractivity contribution in [2.45, 2.75) is 19.0 Å². The first-order chi connectivity index (χ1) is 11.4. The molecule has 0 aromatic heterocycles. The summed E-state index contributed by atoms with van der Waals surface area (Å²) in [6.45, 7) is 0.481. The van der Waals surface area contributed by atoms with Gasteiger partial charge in [0, 0.05) is 32.2 Å². The molecule has 1 fully saturated rings. The van der Waals surface area contributed by atoms with Crippen molar-refractivity contribution in [2.24, 2.45) is 0 Å². The third kappa shape index (κ3) is 4.14. The van der Waals surface area contributed by atoms with Crippen LogP contribution >= 0.6 is 11.6 Å². The van der Waals surface area contributed by atoms with Crippen molar-refractivity contribution in [3.05, 3.63) is 34.6 Å². The lowest BCUT2D eigenvalue weighted by molar-refractivity contribution is -0.132. The Morgan fingerprint density at radius 1 is 1.46 bits per heavy atom. The van der Waals surface area contributed by atoms with Crippen molar-refractivity contribution >= 4 is 29.4 Å². The van der Waals surface area contributed by atoms with E-state index in [1.807, 2.05) is 0 Å². The second kappa shape index (κ2) is 7.96. The van der Waals surface area contributed by atoms with Gasteiger partial charge >= 0.3 is 6.03 Å². The molecule has 0 saturated carbocycles. The molecule has 1 heterocycles. The zero-order valence-electron chi connectivity index (χ0n) is 13.1. The van der Waals surface area contributed by atoms with Gasteiger partial charge in [0.15, 0.2) is 0 Å². The Kier molecular flexibility index (Phi) is 5.97. The normalized spacial score (nSPS) is 17.2. The summed E-state index contributed by atoms with van der Waals surface area (Å²) in [5, 5.41) is 7.57. The Morgan fingerprint density at radius 2 is 2.21 bits per heavy atom. The fraction of sp³-hybridized carbons (Fsp3) is 0.400. The maximum absolute atomic E-state index is 13.8.